The molecule has 2 N–H and O–H groups in total. The molecule has 0 saturated carbocycles. The molecule has 7 nitrogen and oxygen atoms in total. The Morgan fingerprint density at radius 1 is 1.00 bits per heavy atom. The Labute approximate surface area is 232 Å². The maximum Gasteiger partial charge on any atom is 0.163 e. The third-order valence-electron chi connectivity index (χ3n) is 7.20. The maximum absolute atomic E-state index is 13.4. The Morgan fingerprint density at radius 2 is 1.74 bits per heavy atom. The van der Waals surface area contributed by atoms with Gasteiger partial charge in [0.25, 0.3) is 0 Å². The van der Waals surface area contributed by atoms with Crippen LogP contribution in [0.2, 0.25) is 5.02 Å². The Balaban J connectivity index is 1.19. The number of Topliss-reactive ketones (excluding diaryl/α,β-unsaturated/α-hetero) is 1. The first-order valence-corrected chi connectivity index (χ1v) is 13.5. The highest BCUT2D eigenvalue weighted by Crippen LogP contribution is 2.45. The lowest BCUT2D eigenvalue weighted by Gasteiger charge is -2.34. The normalized spacial score (nSPS) is 17.9. The van der Waals surface area contributed by atoms with Gasteiger partial charge in [-0.25, -0.2) is 4.68 Å². The van der Waals surface area contributed by atoms with Gasteiger partial charge >= 0.3 is 0 Å². The first kappa shape index (κ1) is 25.2. The van der Waals surface area contributed by atoms with Crippen LogP contribution in [0, 0.1) is 5.41 Å². The van der Waals surface area contributed by atoms with E-state index in [1.165, 1.54) is 0 Å². The summed E-state index contributed by atoms with van der Waals surface area (Å²) in [6, 6.07) is 23.5. The highest BCUT2D eigenvalue weighted by Gasteiger charge is 2.38. The third-order valence-corrected chi connectivity index (χ3v) is 7.57. The van der Waals surface area contributed by atoms with Crippen molar-refractivity contribution in [2.75, 3.05) is 10.6 Å². The summed E-state index contributed by atoms with van der Waals surface area (Å²) < 4.78 is 7.75. The summed E-state index contributed by atoms with van der Waals surface area (Å²) in [7, 11) is 0. The molecule has 39 heavy (non-hydrogen) atoms. The van der Waals surface area contributed by atoms with Crippen molar-refractivity contribution in [1.82, 2.24) is 15.0 Å². The zero-order valence-electron chi connectivity index (χ0n) is 21.9. The van der Waals surface area contributed by atoms with Gasteiger partial charge < -0.3 is 15.4 Å². The van der Waals surface area contributed by atoms with Gasteiger partial charge in [0.15, 0.2) is 5.78 Å². The van der Waals surface area contributed by atoms with Crippen LogP contribution in [-0.4, -0.2) is 20.8 Å². The third kappa shape index (κ3) is 5.40. The molecule has 1 aliphatic heterocycles. The van der Waals surface area contributed by atoms with Crippen LogP contribution in [0.1, 0.15) is 49.6 Å². The molecule has 0 saturated heterocycles. The van der Waals surface area contributed by atoms with Gasteiger partial charge in [-0.1, -0.05) is 73.1 Å². The predicted octanol–water partition coefficient (Wildman–Crippen LogP) is 6.78. The van der Waals surface area contributed by atoms with Gasteiger partial charge in [-0.05, 0) is 53.3 Å². The number of nitrogens with one attached hydrogen (secondary N) is 2. The van der Waals surface area contributed by atoms with E-state index in [9.17, 15) is 4.79 Å². The van der Waals surface area contributed by atoms with Crippen molar-refractivity contribution < 1.29 is 9.53 Å². The summed E-state index contributed by atoms with van der Waals surface area (Å²) in [4.78, 5) is 13.4. The molecular formula is C31H30ClN5O2. The number of halogens is 1. The number of rotatable bonds is 6. The van der Waals surface area contributed by atoms with Crippen LogP contribution in [0.15, 0.2) is 90.3 Å². The Hall–Kier alpha value is -4.10. The van der Waals surface area contributed by atoms with Gasteiger partial charge in [-0.15, -0.1) is 5.10 Å². The monoisotopic (exact) mass is 539 g/mol. The summed E-state index contributed by atoms with van der Waals surface area (Å²) in [5.74, 6) is 0.899. The molecule has 0 spiro atoms. The van der Waals surface area contributed by atoms with E-state index < -0.39 is 0 Å². The number of carbonyl (C=O) groups excluding carboxylic acids is 1. The number of carbonyl (C=O) groups is 1. The van der Waals surface area contributed by atoms with Gasteiger partial charge in [0, 0.05) is 22.7 Å². The summed E-state index contributed by atoms with van der Waals surface area (Å²) in [6.07, 6.45) is 3.21. The fourth-order valence-electron chi connectivity index (χ4n) is 5.34. The van der Waals surface area contributed by atoms with Crippen LogP contribution in [0.25, 0.3) is 0 Å². The summed E-state index contributed by atoms with van der Waals surface area (Å²) in [5.41, 5.74) is 6.41. The van der Waals surface area contributed by atoms with Crippen LogP contribution in [0.5, 0.6) is 5.75 Å². The molecule has 0 bridgehead atoms. The Kier molecular flexibility index (Phi) is 6.61. The van der Waals surface area contributed by atoms with Crippen molar-refractivity contribution in [2.24, 2.45) is 5.41 Å². The van der Waals surface area contributed by atoms with E-state index in [1.807, 2.05) is 79.0 Å². The number of ketones is 1. The lowest BCUT2D eigenvalue weighted by atomic mass is 9.73. The molecule has 3 aromatic carbocycles. The first-order valence-electron chi connectivity index (χ1n) is 13.1. The van der Waals surface area contributed by atoms with E-state index in [4.69, 9.17) is 16.3 Å². The van der Waals surface area contributed by atoms with Gasteiger partial charge in [0.05, 0.1) is 30.2 Å². The number of anilines is 2. The Bertz CT molecular complexity index is 1560. The largest absolute Gasteiger partial charge is 0.487 e. The van der Waals surface area contributed by atoms with Crippen LogP contribution < -0.4 is 15.4 Å². The number of hydrogen-bond acceptors (Lipinski definition) is 6. The van der Waals surface area contributed by atoms with Gasteiger partial charge in [-0.3, -0.25) is 4.79 Å². The van der Waals surface area contributed by atoms with Gasteiger partial charge in [-0.2, -0.15) is 0 Å². The zero-order chi connectivity index (χ0) is 27.0. The van der Waals surface area contributed by atoms with Crippen molar-refractivity contribution in [1.29, 1.82) is 0 Å². The molecule has 8 heteroatoms. The van der Waals surface area contributed by atoms with Crippen molar-refractivity contribution in [3.8, 4) is 5.75 Å². The number of ether oxygens (including phenoxy) is 1. The van der Waals surface area contributed by atoms with E-state index in [0.717, 1.165) is 51.6 Å². The molecule has 0 fully saturated rings. The molecule has 0 amide bonds. The average molecular weight is 540 g/mol. The summed E-state index contributed by atoms with van der Waals surface area (Å²) >= 11 is 6.27. The first-order chi connectivity index (χ1) is 18.8. The highest BCUT2D eigenvalue weighted by atomic mass is 35.5. The minimum atomic E-state index is -0.251. The topological polar surface area (TPSA) is 81.1 Å². The standard InChI is InChI=1S/C31H30ClN5O2/c1-31(2)15-27-29(28(38)16-31)30(34-26-10-6-5-9-25(26)33-27)20-11-13-23(14-12-20)39-19-22-18-37(36-35-22)17-21-7-3-4-8-24(21)32/h3-14,18,30,33-34H,15-17,19H2,1-2H3. The van der Waals surface area contributed by atoms with E-state index in [1.54, 1.807) is 4.68 Å². The lowest BCUT2D eigenvalue weighted by Crippen LogP contribution is -2.31. The fourth-order valence-corrected chi connectivity index (χ4v) is 5.53. The fraction of sp³-hybridized carbons (Fsp3) is 0.258. The number of nitrogens with zero attached hydrogens (tertiary/aromatic N) is 3. The quantitative estimate of drug-likeness (QED) is 0.281. The molecule has 1 aliphatic carbocycles. The van der Waals surface area contributed by atoms with E-state index >= 15 is 0 Å². The number of hydrogen-bond donors (Lipinski definition) is 2. The van der Waals surface area contributed by atoms with Crippen molar-refractivity contribution in [3.63, 3.8) is 0 Å². The molecule has 198 valence electrons. The summed E-state index contributed by atoms with van der Waals surface area (Å²) in [6.45, 7) is 5.14. The second-order valence-corrected chi connectivity index (χ2v) is 11.3. The highest BCUT2D eigenvalue weighted by molar-refractivity contribution is 6.31. The molecule has 1 atom stereocenters. The van der Waals surface area contributed by atoms with E-state index in [-0.39, 0.29) is 17.2 Å². The minimum absolute atomic E-state index is 0.0837. The van der Waals surface area contributed by atoms with Crippen molar-refractivity contribution in [3.05, 3.63) is 112 Å². The number of benzene rings is 3. The van der Waals surface area contributed by atoms with Crippen molar-refractivity contribution >= 4 is 28.8 Å². The SMILES string of the molecule is CC1(C)CC(=O)C2=C(C1)Nc1ccccc1NC2c1ccc(OCc2cn(Cc3ccccc3Cl)nn2)cc1. The van der Waals surface area contributed by atoms with Gasteiger partial charge in [0.1, 0.15) is 18.1 Å². The van der Waals surface area contributed by atoms with Crippen LogP contribution in [-0.2, 0) is 17.9 Å². The number of aromatic nitrogens is 3. The molecular weight excluding hydrogens is 510 g/mol. The zero-order valence-corrected chi connectivity index (χ0v) is 22.7. The summed E-state index contributed by atoms with van der Waals surface area (Å²) in [5, 5.41) is 16.3. The van der Waals surface area contributed by atoms with Crippen LogP contribution in [0.4, 0.5) is 11.4 Å². The molecule has 1 aromatic heterocycles. The second-order valence-electron chi connectivity index (χ2n) is 10.9. The van der Waals surface area contributed by atoms with Gasteiger partial charge in [0.2, 0.25) is 0 Å². The molecule has 4 aromatic rings. The number of allylic oxidation sites excluding steroid dienone is 1. The minimum Gasteiger partial charge on any atom is -0.487 e. The number of para-hydroxylation sites is 2. The second kappa shape index (κ2) is 10.2. The lowest BCUT2D eigenvalue weighted by molar-refractivity contribution is -0.118. The molecule has 2 aliphatic rings. The number of fused-ring (bicyclic) bond motifs is 1. The van der Waals surface area contributed by atoms with Crippen LogP contribution in [0.3, 0.4) is 0 Å². The maximum atomic E-state index is 13.4. The van der Waals surface area contributed by atoms with Crippen LogP contribution >= 0.6 is 11.6 Å². The van der Waals surface area contributed by atoms with E-state index in [2.05, 4.69) is 34.8 Å². The average Bonchev–Trinajstić information content (AvgIpc) is 3.28. The van der Waals surface area contributed by atoms with Crippen molar-refractivity contribution in [2.45, 2.75) is 45.9 Å². The van der Waals surface area contributed by atoms with E-state index in [0.29, 0.717) is 24.6 Å². The molecule has 6 rings (SSSR count). The smallest absolute Gasteiger partial charge is 0.163 e. The molecule has 0 radical (unpaired) electrons. The predicted molar refractivity (Wildman–Crippen MR) is 153 cm³/mol. The molecule has 1 unspecified atom stereocenters. The molecule has 2 heterocycles. The Morgan fingerprint density at radius 3 is 2.54 bits per heavy atom.